The predicted octanol–water partition coefficient (Wildman–Crippen LogP) is 3.96. The second-order valence-electron chi connectivity index (χ2n) is 6.65. The molecule has 0 radical (unpaired) electrons. The molecule has 2 aromatic carbocycles. The van der Waals surface area contributed by atoms with Crippen LogP contribution >= 0.6 is 23.5 Å². The van der Waals surface area contributed by atoms with Crippen molar-refractivity contribution in [2.45, 2.75) is 31.1 Å². The highest BCUT2D eigenvalue weighted by atomic mass is 79.9. The van der Waals surface area contributed by atoms with Gasteiger partial charge >= 0.3 is 19.3 Å². The van der Waals surface area contributed by atoms with E-state index in [9.17, 15) is 18.1 Å². The quantitative estimate of drug-likeness (QED) is 0.200. The number of urea groups is 1. The lowest BCUT2D eigenvalue weighted by molar-refractivity contribution is 0.0557. The molecule has 164 valence electrons. The molecule has 2 amide bonds. The molecule has 11 heteroatoms. The van der Waals surface area contributed by atoms with Gasteiger partial charge in [0.25, 0.3) is 0 Å². The summed E-state index contributed by atoms with van der Waals surface area (Å²) in [4.78, 5) is 29.7. The van der Waals surface area contributed by atoms with Crippen LogP contribution in [-0.4, -0.2) is 22.4 Å². The summed E-state index contributed by atoms with van der Waals surface area (Å²) in [6.45, 7) is 0.447. The lowest BCUT2D eigenvalue weighted by atomic mass is 10.1. The number of rotatable bonds is 9. The molecule has 0 aromatic heterocycles. The standard InChI is InChI=1S/C19H23BrF2N3O4P/c20-16-12-14(9-10-15(16)19(21,22)30(27,28)29)17(23)25-18(26)24-11-5-4-8-13-6-2-1-3-7-13/h1-3,6-7,9-10,12,17H,4-5,8,11,23H2,(H2,24,25,26)(H2,27,28,29). The van der Waals surface area contributed by atoms with Crippen LogP contribution in [0.4, 0.5) is 13.6 Å². The van der Waals surface area contributed by atoms with Crippen LogP contribution in [0.5, 0.6) is 0 Å². The molecule has 0 aliphatic heterocycles. The minimum Gasteiger partial charge on any atom is -0.338 e. The molecule has 2 rings (SSSR count). The number of nitrogens with one attached hydrogen (secondary N) is 2. The van der Waals surface area contributed by atoms with Crippen LogP contribution in [0.2, 0.25) is 0 Å². The molecule has 0 aliphatic rings. The second-order valence-corrected chi connectivity index (χ2v) is 9.15. The maximum Gasteiger partial charge on any atom is 0.399 e. The number of benzene rings is 2. The van der Waals surface area contributed by atoms with Crippen molar-refractivity contribution in [2.24, 2.45) is 5.73 Å². The van der Waals surface area contributed by atoms with Gasteiger partial charge in [0.1, 0.15) is 6.17 Å². The summed E-state index contributed by atoms with van der Waals surface area (Å²) >= 11 is 2.88. The summed E-state index contributed by atoms with van der Waals surface area (Å²) < 4.78 is 38.5. The summed E-state index contributed by atoms with van der Waals surface area (Å²) in [7, 11) is -5.69. The van der Waals surface area contributed by atoms with E-state index >= 15 is 0 Å². The zero-order chi connectivity index (χ0) is 22.4. The number of carbonyl (C=O) groups excluding carboxylic acids is 1. The number of alkyl halides is 2. The van der Waals surface area contributed by atoms with E-state index in [0.717, 1.165) is 25.3 Å². The number of amides is 2. The van der Waals surface area contributed by atoms with Crippen LogP contribution in [0, 0.1) is 0 Å². The minimum absolute atomic E-state index is 0.230. The molecule has 0 aliphatic carbocycles. The van der Waals surface area contributed by atoms with Crippen molar-refractivity contribution in [1.82, 2.24) is 10.6 Å². The van der Waals surface area contributed by atoms with Crippen LogP contribution in [0.3, 0.4) is 0 Å². The van der Waals surface area contributed by atoms with Gasteiger partial charge in [-0.15, -0.1) is 0 Å². The van der Waals surface area contributed by atoms with E-state index in [1.165, 1.54) is 17.7 Å². The number of hydrogen-bond acceptors (Lipinski definition) is 3. The van der Waals surface area contributed by atoms with Crippen molar-refractivity contribution >= 4 is 29.6 Å². The van der Waals surface area contributed by atoms with Crippen molar-refractivity contribution in [3.63, 3.8) is 0 Å². The van der Waals surface area contributed by atoms with Crippen molar-refractivity contribution in [3.05, 3.63) is 69.7 Å². The number of carbonyl (C=O) groups is 1. The SMILES string of the molecule is NC(NC(=O)NCCCCc1ccccc1)c1ccc(C(F)(F)P(=O)(O)O)c(Br)c1. The Labute approximate surface area is 181 Å². The first kappa shape index (κ1) is 24.4. The summed E-state index contributed by atoms with van der Waals surface area (Å²) in [5.74, 6) is 0. The molecule has 7 nitrogen and oxygen atoms in total. The molecule has 0 heterocycles. The Hall–Kier alpha value is -1.84. The van der Waals surface area contributed by atoms with E-state index in [-0.39, 0.29) is 10.0 Å². The first-order chi connectivity index (χ1) is 14.0. The molecule has 0 spiro atoms. The van der Waals surface area contributed by atoms with Crippen LogP contribution in [0.25, 0.3) is 0 Å². The Balaban J connectivity index is 1.83. The fourth-order valence-electron chi connectivity index (χ4n) is 2.70. The number of hydrogen-bond donors (Lipinski definition) is 5. The van der Waals surface area contributed by atoms with Gasteiger partial charge in [-0.3, -0.25) is 4.57 Å². The van der Waals surface area contributed by atoms with Crippen molar-refractivity contribution in [3.8, 4) is 0 Å². The number of aryl methyl sites for hydroxylation is 1. The average Bonchev–Trinajstić information content (AvgIpc) is 2.67. The Morgan fingerprint density at radius 3 is 2.43 bits per heavy atom. The Kier molecular flexibility index (Phi) is 8.52. The van der Waals surface area contributed by atoms with Gasteiger partial charge in [-0.2, -0.15) is 8.78 Å². The minimum atomic E-state index is -5.69. The molecule has 0 bridgehead atoms. The molecule has 0 saturated carbocycles. The highest BCUT2D eigenvalue weighted by Gasteiger charge is 2.51. The Morgan fingerprint density at radius 1 is 1.17 bits per heavy atom. The van der Waals surface area contributed by atoms with Crippen LogP contribution in [0.1, 0.15) is 35.7 Å². The second kappa shape index (κ2) is 10.5. The fraction of sp³-hybridized carbons (Fsp3) is 0.316. The molecule has 30 heavy (non-hydrogen) atoms. The maximum absolute atomic E-state index is 13.9. The Morgan fingerprint density at radius 2 is 1.83 bits per heavy atom. The van der Waals surface area contributed by atoms with Crippen molar-refractivity contribution < 1.29 is 27.9 Å². The molecular weight excluding hydrogens is 483 g/mol. The predicted molar refractivity (Wildman–Crippen MR) is 113 cm³/mol. The van der Waals surface area contributed by atoms with Crippen LogP contribution in [-0.2, 0) is 16.6 Å². The zero-order valence-corrected chi connectivity index (χ0v) is 18.4. The number of nitrogens with two attached hydrogens (primary N) is 1. The maximum atomic E-state index is 13.9. The van der Waals surface area contributed by atoms with Gasteiger partial charge in [0, 0.05) is 16.6 Å². The van der Waals surface area contributed by atoms with Gasteiger partial charge in [0.05, 0.1) is 0 Å². The molecular formula is C19H23BrF2N3O4P. The van der Waals surface area contributed by atoms with E-state index in [1.54, 1.807) is 0 Å². The summed E-state index contributed by atoms with van der Waals surface area (Å²) in [6, 6.07) is 12.7. The molecule has 0 saturated heterocycles. The monoisotopic (exact) mass is 505 g/mol. The Bertz CT molecular complexity index is 912. The van der Waals surface area contributed by atoms with E-state index in [4.69, 9.17) is 15.5 Å². The van der Waals surface area contributed by atoms with Gasteiger partial charge in [-0.25, -0.2) is 4.79 Å². The third-order valence-corrected chi connectivity index (χ3v) is 5.98. The third-order valence-electron chi connectivity index (χ3n) is 4.35. The summed E-state index contributed by atoms with van der Waals surface area (Å²) in [5, 5.41) is 5.16. The smallest absolute Gasteiger partial charge is 0.338 e. The van der Waals surface area contributed by atoms with Crippen molar-refractivity contribution in [2.75, 3.05) is 6.54 Å². The highest BCUT2D eigenvalue weighted by Crippen LogP contribution is 2.60. The topological polar surface area (TPSA) is 125 Å². The van der Waals surface area contributed by atoms with Gasteiger partial charge in [-0.1, -0.05) is 58.4 Å². The van der Waals surface area contributed by atoms with Gasteiger partial charge in [0.15, 0.2) is 0 Å². The van der Waals surface area contributed by atoms with Crippen molar-refractivity contribution in [1.29, 1.82) is 0 Å². The lowest BCUT2D eigenvalue weighted by Crippen LogP contribution is -2.41. The number of unbranched alkanes of at least 4 members (excludes halogenated alkanes) is 1. The molecule has 0 fully saturated rings. The highest BCUT2D eigenvalue weighted by molar-refractivity contribution is 9.10. The first-order valence-electron chi connectivity index (χ1n) is 9.09. The molecule has 6 N–H and O–H groups in total. The first-order valence-corrected chi connectivity index (χ1v) is 11.5. The van der Waals surface area contributed by atoms with E-state index in [2.05, 4.69) is 26.6 Å². The summed E-state index contributed by atoms with van der Waals surface area (Å²) in [6.07, 6.45) is 1.58. The van der Waals surface area contributed by atoms with Crippen LogP contribution in [0.15, 0.2) is 53.0 Å². The average molecular weight is 506 g/mol. The van der Waals surface area contributed by atoms with E-state index < -0.39 is 31.0 Å². The normalized spacial score (nSPS) is 13.0. The van der Waals surface area contributed by atoms with Crippen LogP contribution < -0.4 is 16.4 Å². The van der Waals surface area contributed by atoms with E-state index in [0.29, 0.717) is 6.54 Å². The fourth-order valence-corrected chi connectivity index (χ4v) is 4.01. The molecule has 1 unspecified atom stereocenters. The van der Waals surface area contributed by atoms with Gasteiger partial charge in [0.2, 0.25) is 0 Å². The number of halogens is 3. The van der Waals surface area contributed by atoms with Gasteiger partial charge < -0.3 is 26.2 Å². The molecule has 1 atom stereocenters. The summed E-state index contributed by atoms with van der Waals surface area (Å²) in [5.41, 5.74) is 2.18. The van der Waals surface area contributed by atoms with E-state index in [1.807, 2.05) is 30.3 Å². The third kappa shape index (κ3) is 6.58. The van der Waals surface area contributed by atoms with Gasteiger partial charge in [-0.05, 0) is 36.5 Å². The largest absolute Gasteiger partial charge is 0.399 e. The zero-order valence-electron chi connectivity index (χ0n) is 15.9. The lowest BCUT2D eigenvalue weighted by Gasteiger charge is -2.21. The molecule has 2 aromatic rings.